The van der Waals surface area contributed by atoms with Gasteiger partial charge in [-0.15, -0.1) is 0 Å². The zero-order valence-corrected chi connectivity index (χ0v) is 22.7. The van der Waals surface area contributed by atoms with Crippen molar-refractivity contribution in [1.82, 2.24) is 14.7 Å². The number of aliphatic hydroxyl groups is 1. The van der Waals surface area contributed by atoms with Crippen molar-refractivity contribution in [3.8, 4) is 28.6 Å². The van der Waals surface area contributed by atoms with Crippen LogP contribution >= 0.6 is 0 Å². The van der Waals surface area contributed by atoms with E-state index in [-0.39, 0.29) is 18.2 Å². The minimum absolute atomic E-state index is 0.243. The predicted octanol–water partition coefficient (Wildman–Crippen LogP) is 5.66. The number of hydrogen-bond donors (Lipinski definition) is 1. The van der Waals surface area contributed by atoms with Gasteiger partial charge in [0.1, 0.15) is 17.2 Å². The average molecular weight is 496 g/mol. The number of aliphatic hydroxyl groups excluding tert-OH is 1. The molecule has 1 aromatic heterocycles. The lowest BCUT2D eigenvalue weighted by molar-refractivity contribution is -0.0593. The molecule has 0 unspecified atom stereocenters. The van der Waals surface area contributed by atoms with E-state index in [0.717, 1.165) is 29.0 Å². The Morgan fingerprint density at radius 1 is 1.03 bits per heavy atom. The molecule has 3 rings (SSSR count). The van der Waals surface area contributed by atoms with Crippen LogP contribution in [0.25, 0.3) is 11.3 Å². The fraction of sp³-hybridized carbons (Fsp3) is 0.483. The van der Waals surface area contributed by atoms with Crippen LogP contribution in [0.2, 0.25) is 0 Å². The number of rotatable bonds is 12. The minimum Gasteiger partial charge on any atom is -0.497 e. The maximum Gasteiger partial charge on any atom is 0.222 e. The van der Waals surface area contributed by atoms with Crippen LogP contribution < -0.4 is 9.47 Å². The van der Waals surface area contributed by atoms with E-state index in [1.165, 1.54) is 0 Å². The van der Waals surface area contributed by atoms with Crippen molar-refractivity contribution >= 4 is 0 Å². The van der Waals surface area contributed by atoms with Crippen molar-refractivity contribution in [2.75, 3.05) is 20.3 Å². The molecule has 3 aromatic rings. The summed E-state index contributed by atoms with van der Waals surface area (Å²) in [4.78, 5) is 2.28. The van der Waals surface area contributed by atoms with Crippen molar-refractivity contribution in [2.24, 2.45) is 7.05 Å². The lowest BCUT2D eigenvalue weighted by Gasteiger charge is -2.31. The number of aromatic nitrogens is 2. The van der Waals surface area contributed by atoms with Gasteiger partial charge >= 0.3 is 0 Å². The predicted molar refractivity (Wildman–Crippen MR) is 144 cm³/mol. The third-order valence-corrected chi connectivity index (χ3v) is 6.14. The van der Waals surface area contributed by atoms with E-state index in [9.17, 15) is 5.11 Å². The Balaban J connectivity index is 1.95. The summed E-state index contributed by atoms with van der Waals surface area (Å²) in [5.74, 6) is 2.15. The Bertz CT molecular complexity index is 1070. The highest BCUT2D eigenvalue weighted by Gasteiger charge is 2.26. The van der Waals surface area contributed by atoms with Crippen molar-refractivity contribution in [3.05, 3.63) is 60.2 Å². The Kier molecular flexibility index (Phi) is 9.54. The molecule has 36 heavy (non-hydrogen) atoms. The molecule has 0 aliphatic heterocycles. The highest BCUT2D eigenvalue weighted by Crippen LogP contribution is 2.35. The van der Waals surface area contributed by atoms with Crippen LogP contribution in [0.15, 0.2) is 54.6 Å². The summed E-state index contributed by atoms with van der Waals surface area (Å²) in [6.07, 6.45) is 0.337. The van der Waals surface area contributed by atoms with Crippen LogP contribution in [0, 0.1) is 0 Å². The summed E-state index contributed by atoms with van der Waals surface area (Å²) in [5, 5.41) is 15.7. The lowest BCUT2D eigenvalue weighted by Crippen LogP contribution is -2.41. The van der Waals surface area contributed by atoms with Crippen LogP contribution in [0.4, 0.5) is 0 Å². The van der Waals surface area contributed by atoms with Gasteiger partial charge in [-0.2, -0.15) is 5.10 Å². The molecule has 1 N–H and O–H groups in total. The Labute approximate surface area is 215 Å². The van der Waals surface area contributed by atoms with Crippen LogP contribution in [-0.4, -0.2) is 57.8 Å². The van der Waals surface area contributed by atoms with Crippen LogP contribution in [0.3, 0.4) is 0 Å². The minimum atomic E-state index is -0.610. The monoisotopic (exact) mass is 495 g/mol. The largest absolute Gasteiger partial charge is 0.497 e. The summed E-state index contributed by atoms with van der Waals surface area (Å²) < 4.78 is 19.3. The van der Waals surface area contributed by atoms with Gasteiger partial charge in [0.2, 0.25) is 5.88 Å². The maximum absolute atomic E-state index is 10.8. The molecule has 0 saturated heterocycles. The fourth-order valence-corrected chi connectivity index (χ4v) is 3.94. The number of ether oxygens (including phenoxy) is 3. The van der Waals surface area contributed by atoms with Crippen molar-refractivity contribution in [3.63, 3.8) is 0 Å². The van der Waals surface area contributed by atoms with Gasteiger partial charge in [0.15, 0.2) is 0 Å². The first kappa shape index (κ1) is 27.7. The molecule has 2 aromatic carbocycles. The third kappa shape index (κ3) is 7.56. The number of aryl methyl sites for hydroxylation is 1. The summed E-state index contributed by atoms with van der Waals surface area (Å²) in [5.41, 5.74) is 2.57. The van der Waals surface area contributed by atoms with E-state index in [1.807, 2.05) is 70.3 Å². The molecule has 196 valence electrons. The molecular weight excluding hydrogens is 454 g/mol. The zero-order valence-electron chi connectivity index (χ0n) is 22.7. The van der Waals surface area contributed by atoms with E-state index >= 15 is 0 Å². The lowest BCUT2D eigenvalue weighted by atomic mass is 10.1. The second-order valence-corrected chi connectivity index (χ2v) is 10.2. The molecule has 0 bridgehead atoms. The number of nitrogens with zero attached hydrogens (tertiary/aromatic N) is 3. The average Bonchev–Trinajstić information content (AvgIpc) is 3.17. The van der Waals surface area contributed by atoms with Crippen LogP contribution in [-0.2, 0) is 18.3 Å². The SMILES string of the molecule is CC[C@H](C)N(Cc1c(-c2ccccc2)nn(C)c1Oc1ccc(OC)cc1)C[C@H](O)COC(C)(C)C. The quantitative estimate of drug-likeness (QED) is 0.349. The third-order valence-electron chi connectivity index (χ3n) is 6.14. The molecule has 0 aliphatic carbocycles. The second kappa shape index (κ2) is 12.4. The van der Waals surface area contributed by atoms with Crippen molar-refractivity contribution in [1.29, 1.82) is 0 Å². The van der Waals surface area contributed by atoms with Crippen molar-refractivity contribution < 1.29 is 19.3 Å². The number of methoxy groups -OCH3 is 1. The molecule has 2 atom stereocenters. The Morgan fingerprint density at radius 2 is 1.67 bits per heavy atom. The smallest absolute Gasteiger partial charge is 0.222 e. The van der Waals surface area contributed by atoms with E-state index in [1.54, 1.807) is 11.8 Å². The molecule has 0 spiro atoms. The molecular formula is C29H41N3O4. The van der Waals surface area contributed by atoms with Crippen molar-refractivity contribution in [2.45, 2.75) is 65.3 Å². The molecule has 7 heteroatoms. The first-order chi connectivity index (χ1) is 17.1. The second-order valence-electron chi connectivity index (χ2n) is 10.2. The molecule has 0 aliphatic rings. The summed E-state index contributed by atoms with van der Waals surface area (Å²) in [6, 6.07) is 17.9. The maximum atomic E-state index is 10.8. The van der Waals surface area contributed by atoms with Gasteiger partial charge in [-0.3, -0.25) is 4.90 Å². The topological polar surface area (TPSA) is 69.0 Å². The van der Waals surface area contributed by atoms with Gasteiger partial charge in [-0.1, -0.05) is 37.3 Å². The first-order valence-electron chi connectivity index (χ1n) is 12.6. The van der Waals surface area contributed by atoms with E-state index in [4.69, 9.17) is 19.3 Å². The molecule has 7 nitrogen and oxygen atoms in total. The molecule has 0 radical (unpaired) electrons. The van der Waals surface area contributed by atoms with Gasteiger partial charge in [-0.05, 0) is 58.4 Å². The van der Waals surface area contributed by atoms with E-state index < -0.39 is 6.10 Å². The number of benzene rings is 2. The normalized spacial score (nSPS) is 13.6. The van der Waals surface area contributed by atoms with Gasteiger partial charge in [0.25, 0.3) is 0 Å². The van der Waals surface area contributed by atoms with E-state index in [2.05, 4.69) is 30.9 Å². The fourth-order valence-electron chi connectivity index (χ4n) is 3.94. The molecule has 0 amide bonds. The van der Waals surface area contributed by atoms with Crippen LogP contribution in [0.5, 0.6) is 17.4 Å². The Hall–Kier alpha value is -2.87. The standard InChI is InChI=1S/C29H41N3O4/c1-8-21(2)32(18-23(33)20-35-29(3,4)5)19-26-27(22-12-10-9-11-13-22)30-31(6)28(26)36-25-16-14-24(34-7)15-17-25/h9-17,21,23,33H,8,18-20H2,1-7H3/t21-,23-/m0/s1. The first-order valence-corrected chi connectivity index (χ1v) is 12.6. The summed E-state index contributed by atoms with van der Waals surface area (Å²) >= 11 is 0. The molecule has 0 saturated carbocycles. The van der Waals surface area contributed by atoms with Gasteiger partial charge in [0.05, 0.1) is 31.0 Å². The van der Waals surface area contributed by atoms with E-state index in [0.29, 0.717) is 24.7 Å². The Morgan fingerprint density at radius 3 is 2.25 bits per heavy atom. The summed E-state index contributed by atoms with van der Waals surface area (Å²) in [7, 11) is 3.54. The zero-order chi connectivity index (χ0) is 26.3. The summed E-state index contributed by atoms with van der Waals surface area (Å²) in [6.45, 7) is 11.7. The van der Waals surface area contributed by atoms with Gasteiger partial charge < -0.3 is 19.3 Å². The number of hydrogen-bond acceptors (Lipinski definition) is 6. The molecule has 0 fully saturated rings. The highest BCUT2D eigenvalue weighted by molar-refractivity contribution is 5.65. The van der Waals surface area contributed by atoms with Gasteiger partial charge in [-0.25, -0.2) is 4.68 Å². The highest BCUT2D eigenvalue weighted by atomic mass is 16.5. The molecule has 1 heterocycles. The van der Waals surface area contributed by atoms with Crippen LogP contribution in [0.1, 0.15) is 46.6 Å². The van der Waals surface area contributed by atoms with Gasteiger partial charge in [0, 0.05) is 31.7 Å².